The highest BCUT2D eigenvalue weighted by Gasteiger charge is 2.32. The van der Waals surface area contributed by atoms with Crippen molar-refractivity contribution in [2.75, 3.05) is 13.7 Å². The van der Waals surface area contributed by atoms with Gasteiger partial charge in [-0.15, -0.1) is 0 Å². The van der Waals surface area contributed by atoms with Crippen LogP contribution in [0.25, 0.3) is 0 Å². The van der Waals surface area contributed by atoms with Crippen LogP contribution in [0.4, 0.5) is 0 Å². The maximum atomic E-state index is 11.6. The van der Waals surface area contributed by atoms with Crippen molar-refractivity contribution in [2.45, 2.75) is 25.4 Å². The van der Waals surface area contributed by atoms with Gasteiger partial charge in [-0.1, -0.05) is 0 Å². The summed E-state index contributed by atoms with van der Waals surface area (Å²) in [7, 11) is 1.69. The normalized spacial score (nSPS) is 21.9. The maximum Gasteiger partial charge on any atom is 0.268 e. The van der Waals surface area contributed by atoms with Crippen molar-refractivity contribution >= 4 is 11.8 Å². The van der Waals surface area contributed by atoms with Crippen molar-refractivity contribution in [1.82, 2.24) is 16.1 Å². The third-order valence-corrected chi connectivity index (χ3v) is 2.24. The molecule has 6 heteroatoms. The van der Waals surface area contributed by atoms with Crippen LogP contribution in [0, 0.1) is 0 Å². The van der Waals surface area contributed by atoms with E-state index in [4.69, 9.17) is 0 Å². The molecule has 0 radical (unpaired) electrons. The summed E-state index contributed by atoms with van der Waals surface area (Å²) in [5, 5.41) is 5.43. The van der Waals surface area contributed by atoms with Crippen molar-refractivity contribution in [3.05, 3.63) is 0 Å². The molecule has 0 aromatic carbocycles. The summed E-state index contributed by atoms with van der Waals surface area (Å²) < 4.78 is 0. The fraction of sp³-hybridized carbons (Fsp3) is 0.750. The Morgan fingerprint density at radius 1 is 1.64 bits per heavy atom. The molecular formula is C8H15N3O3. The van der Waals surface area contributed by atoms with E-state index in [-0.39, 0.29) is 18.4 Å². The summed E-state index contributed by atoms with van der Waals surface area (Å²) >= 11 is 0. The van der Waals surface area contributed by atoms with Gasteiger partial charge >= 0.3 is 0 Å². The minimum atomic E-state index is -0.692. The van der Waals surface area contributed by atoms with Crippen LogP contribution in [0.2, 0.25) is 0 Å². The zero-order valence-corrected chi connectivity index (χ0v) is 8.51. The zero-order valence-electron chi connectivity index (χ0n) is 8.51. The van der Waals surface area contributed by atoms with E-state index in [2.05, 4.69) is 21.0 Å². The lowest BCUT2D eigenvalue weighted by molar-refractivity contribution is -0.131. The smallest absolute Gasteiger partial charge is 0.268 e. The second kappa shape index (κ2) is 3.93. The van der Waals surface area contributed by atoms with E-state index in [0.29, 0.717) is 0 Å². The van der Waals surface area contributed by atoms with Gasteiger partial charge in [0, 0.05) is 0 Å². The van der Waals surface area contributed by atoms with Gasteiger partial charge in [-0.25, -0.2) is 5.48 Å². The molecular weight excluding hydrogens is 186 g/mol. The van der Waals surface area contributed by atoms with Gasteiger partial charge in [0.25, 0.3) is 5.91 Å². The van der Waals surface area contributed by atoms with Crippen LogP contribution in [0.3, 0.4) is 0 Å². The molecule has 14 heavy (non-hydrogen) atoms. The Balaban J connectivity index is 2.52. The van der Waals surface area contributed by atoms with E-state index in [0.717, 1.165) is 0 Å². The lowest BCUT2D eigenvalue weighted by atomic mass is 10.0. The minimum absolute atomic E-state index is 0.171. The summed E-state index contributed by atoms with van der Waals surface area (Å²) in [6.45, 7) is 3.64. The van der Waals surface area contributed by atoms with Crippen molar-refractivity contribution in [3.8, 4) is 0 Å². The average Bonchev–Trinajstić information content (AvgIpc) is 2.52. The number of nitrogens with one attached hydrogen (secondary N) is 3. The van der Waals surface area contributed by atoms with E-state index in [1.807, 2.05) is 0 Å². The SMILES string of the molecule is CNC(C)(C)C(=O)N[C@@H]1CONC1=O. The fourth-order valence-electron chi connectivity index (χ4n) is 0.902. The number of carbonyl (C=O) groups is 2. The topological polar surface area (TPSA) is 79.5 Å². The first kappa shape index (κ1) is 10.9. The number of hydrogen-bond acceptors (Lipinski definition) is 4. The predicted octanol–water partition coefficient (Wildman–Crippen LogP) is -1.47. The Bertz CT molecular complexity index is 252. The van der Waals surface area contributed by atoms with Crippen molar-refractivity contribution < 1.29 is 14.4 Å². The van der Waals surface area contributed by atoms with Gasteiger partial charge in [-0.3, -0.25) is 14.4 Å². The summed E-state index contributed by atoms with van der Waals surface area (Å²) in [6, 6.07) is -0.588. The summed E-state index contributed by atoms with van der Waals surface area (Å²) in [6.07, 6.45) is 0. The number of rotatable bonds is 3. The predicted molar refractivity (Wildman–Crippen MR) is 49.2 cm³/mol. The van der Waals surface area contributed by atoms with Gasteiger partial charge in [0.2, 0.25) is 5.91 Å². The molecule has 1 aliphatic rings. The molecule has 0 unspecified atom stereocenters. The summed E-state index contributed by atoms with van der Waals surface area (Å²) in [5.74, 6) is -0.545. The average molecular weight is 201 g/mol. The van der Waals surface area contributed by atoms with E-state index in [9.17, 15) is 9.59 Å². The molecule has 0 aliphatic carbocycles. The second-order valence-electron chi connectivity index (χ2n) is 3.68. The van der Waals surface area contributed by atoms with E-state index >= 15 is 0 Å². The largest absolute Gasteiger partial charge is 0.341 e. The molecule has 3 N–H and O–H groups in total. The molecule has 0 aromatic rings. The van der Waals surface area contributed by atoms with Crippen LogP contribution >= 0.6 is 0 Å². The molecule has 0 spiro atoms. The van der Waals surface area contributed by atoms with Crippen LogP contribution < -0.4 is 16.1 Å². The van der Waals surface area contributed by atoms with Crippen LogP contribution in [-0.4, -0.2) is 37.0 Å². The van der Waals surface area contributed by atoms with E-state index < -0.39 is 11.6 Å². The van der Waals surface area contributed by atoms with E-state index in [1.165, 1.54) is 0 Å². The number of likely N-dealkylation sites (N-methyl/N-ethyl adjacent to an activating group) is 1. The Morgan fingerprint density at radius 2 is 2.29 bits per heavy atom. The van der Waals surface area contributed by atoms with Gasteiger partial charge in [-0.2, -0.15) is 0 Å². The zero-order chi connectivity index (χ0) is 10.8. The molecule has 2 amide bonds. The number of hydroxylamine groups is 1. The molecule has 80 valence electrons. The molecule has 6 nitrogen and oxygen atoms in total. The molecule has 0 aromatic heterocycles. The molecule has 0 saturated carbocycles. The first-order chi connectivity index (χ1) is 6.47. The highest BCUT2D eigenvalue weighted by molar-refractivity contribution is 5.91. The van der Waals surface area contributed by atoms with Crippen molar-refractivity contribution in [1.29, 1.82) is 0 Å². The van der Waals surface area contributed by atoms with Crippen LogP contribution in [0.15, 0.2) is 0 Å². The summed E-state index contributed by atoms with van der Waals surface area (Å²) in [4.78, 5) is 27.3. The van der Waals surface area contributed by atoms with Crippen molar-refractivity contribution in [2.24, 2.45) is 0 Å². The number of amides is 2. The standard InChI is InChI=1S/C8H15N3O3/c1-8(2,9-3)7(13)10-5-4-14-11-6(5)12/h5,9H,4H2,1-3H3,(H,10,13)(H,11,12)/t5-/m1/s1. The minimum Gasteiger partial charge on any atom is -0.341 e. The highest BCUT2D eigenvalue weighted by atomic mass is 16.7. The molecule has 1 aliphatic heterocycles. The number of carbonyl (C=O) groups excluding carboxylic acids is 2. The van der Waals surface area contributed by atoms with Crippen molar-refractivity contribution in [3.63, 3.8) is 0 Å². The monoisotopic (exact) mass is 201 g/mol. The van der Waals surface area contributed by atoms with Gasteiger partial charge in [0.05, 0.1) is 5.54 Å². The molecule has 0 bridgehead atoms. The number of hydrogen-bond donors (Lipinski definition) is 3. The van der Waals surface area contributed by atoms with Gasteiger partial charge in [0.1, 0.15) is 12.6 Å². The van der Waals surface area contributed by atoms with Crippen LogP contribution in [0.5, 0.6) is 0 Å². The molecule has 1 atom stereocenters. The summed E-state index contributed by atoms with van der Waals surface area (Å²) in [5.41, 5.74) is 1.48. The third kappa shape index (κ3) is 2.21. The molecule has 1 heterocycles. The Morgan fingerprint density at radius 3 is 2.71 bits per heavy atom. The van der Waals surface area contributed by atoms with Gasteiger partial charge < -0.3 is 10.6 Å². The maximum absolute atomic E-state index is 11.6. The molecule has 1 fully saturated rings. The quantitative estimate of drug-likeness (QED) is 0.521. The first-order valence-corrected chi connectivity index (χ1v) is 4.39. The second-order valence-corrected chi connectivity index (χ2v) is 3.68. The lowest BCUT2D eigenvalue weighted by Gasteiger charge is -2.23. The fourth-order valence-corrected chi connectivity index (χ4v) is 0.902. The first-order valence-electron chi connectivity index (χ1n) is 4.39. The Kier molecular flexibility index (Phi) is 3.07. The van der Waals surface area contributed by atoms with Crippen LogP contribution in [-0.2, 0) is 14.4 Å². The van der Waals surface area contributed by atoms with Crippen LogP contribution in [0.1, 0.15) is 13.8 Å². The van der Waals surface area contributed by atoms with E-state index in [1.54, 1.807) is 20.9 Å². The Labute approximate surface area is 82.3 Å². The third-order valence-electron chi connectivity index (χ3n) is 2.24. The lowest BCUT2D eigenvalue weighted by Crippen LogP contribution is -2.55. The molecule has 1 rings (SSSR count). The Hall–Kier alpha value is -1.14. The van der Waals surface area contributed by atoms with Gasteiger partial charge in [-0.05, 0) is 20.9 Å². The molecule has 1 saturated heterocycles. The highest BCUT2D eigenvalue weighted by Crippen LogP contribution is 2.03. The van der Waals surface area contributed by atoms with Gasteiger partial charge in [0.15, 0.2) is 0 Å².